The maximum absolute atomic E-state index is 12.9. The lowest BCUT2D eigenvalue weighted by atomic mass is 10.1. The summed E-state index contributed by atoms with van der Waals surface area (Å²) in [7, 11) is 0. The average Bonchev–Trinajstić information content (AvgIpc) is 2.64. The first-order chi connectivity index (χ1) is 12.9. The number of aromatic carboxylic acids is 1. The van der Waals surface area contributed by atoms with Crippen LogP contribution in [0.3, 0.4) is 0 Å². The number of rotatable bonds is 5. The van der Waals surface area contributed by atoms with Crippen molar-refractivity contribution in [3.8, 4) is 0 Å². The highest BCUT2D eigenvalue weighted by Gasteiger charge is 2.21. The normalized spacial score (nSPS) is 10.9. The number of carboxylic acid groups (broad SMARTS) is 1. The fourth-order valence-corrected chi connectivity index (χ4v) is 3.02. The summed E-state index contributed by atoms with van der Waals surface area (Å²) < 4.78 is 0.883. The lowest BCUT2D eigenvalue weighted by Gasteiger charge is -2.27. The Morgan fingerprint density at radius 3 is 2.22 bits per heavy atom. The van der Waals surface area contributed by atoms with Crippen LogP contribution in [0.1, 0.15) is 24.3 Å². The number of fused-ring (bicyclic) bond motifs is 1. The van der Waals surface area contributed by atoms with Gasteiger partial charge >= 0.3 is 0 Å². The smallest absolute Gasteiger partial charge is 0.275 e. The minimum atomic E-state index is -1.50. The van der Waals surface area contributed by atoms with E-state index in [2.05, 4.69) is 5.10 Å². The molecule has 0 radical (unpaired) electrons. The highest BCUT2D eigenvalue weighted by molar-refractivity contribution is 6.00. The second-order valence-electron chi connectivity index (χ2n) is 6.34. The van der Waals surface area contributed by atoms with Crippen LogP contribution in [0.15, 0.2) is 59.4 Å². The molecule has 7 heteroatoms. The predicted octanol–water partition coefficient (Wildman–Crippen LogP) is 1.20. The van der Waals surface area contributed by atoms with E-state index >= 15 is 0 Å². The quantitative estimate of drug-likeness (QED) is 0.678. The summed E-state index contributed by atoms with van der Waals surface area (Å²) in [5.41, 5.74) is -0.207. The summed E-state index contributed by atoms with van der Waals surface area (Å²) in [6.07, 6.45) is 0. The van der Waals surface area contributed by atoms with Crippen molar-refractivity contribution in [3.05, 3.63) is 70.6 Å². The SMILES string of the molecule is CC(C)N(C(=O)Cn1nc(C(=O)[O-])c2ccccc2c1=O)c1ccccc1. The summed E-state index contributed by atoms with van der Waals surface area (Å²) in [5, 5.41) is 15.7. The molecule has 2 aromatic carbocycles. The van der Waals surface area contributed by atoms with Gasteiger partial charge in [0.1, 0.15) is 12.2 Å². The summed E-state index contributed by atoms with van der Waals surface area (Å²) in [6.45, 7) is 3.33. The molecule has 0 aliphatic heterocycles. The molecular formula is C20H18N3O4-. The van der Waals surface area contributed by atoms with Gasteiger partial charge < -0.3 is 14.8 Å². The first kappa shape index (κ1) is 18.3. The van der Waals surface area contributed by atoms with Crippen molar-refractivity contribution >= 4 is 28.3 Å². The maximum atomic E-state index is 12.9. The molecule has 138 valence electrons. The molecule has 0 fully saturated rings. The van der Waals surface area contributed by atoms with E-state index in [1.54, 1.807) is 29.2 Å². The second-order valence-corrected chi connectivity index (χ2v) is 6.34. The topological polar surface area (TPSA) is 95.3 Å². The van der Waals surface area contributed by atoms with E-state index in [0.717, 1.165) is 4.68 Å². The first-order valence-corrected chi connectivity index (χ1v) is 8.48. The number of amides is 1. The number of benzene rings is 2. The molecule has 27 heavy (non-hydrogen) atoms. The van der Waals surface area contributed by atoms with Crippen LogP contribution in [0, 0.1) is 0 Å². The molecule has 0 aliphatic carbocycles. The number of anilines is 1. The standard InChI is InChI=1S/C20H19N3O4/c1-13(2)23(14-8-4-3-5-9-14)17(24)12-22-19(25)16-11-7-6-10-15(16)18(21-22)20(26)27/h3-11,13H,12H2,1-2H3,(H,26,27)/p-1. The van der Waals surface area contributed by atoms with E-state index in [0.29, 0.717) is 5.69 Å². The molecule has 3 aromatic rings. The third-order valence-corrected chi connectivity index (χ3v) is 4.17. The number of carbonyl (C=O) groups excluding carboxylic acids is 2. The van der Waals surface area contributed by atoms with Crippen LogP contribution in [0.25, 0.3) is 10.8 Å². The van der Waals surface area contributed by atoms with Gasteiger partial charge in [-0.15, -0.1) is 0 Å². The molecule has 1 heterocycles. The van der Waals surface area contributed by atoms with E-state index in [4.69, 9.17) is 0 Å². The van der Waals surface area contributed by atoms with Gasteiger partial charge in [-0.25, -0.2) is 4.68 Å². The number of nitrogens with zero attached hydrogens (tertiary/aromatic N) is 3. The van der Waals surface area contributed by atoms with Gasteiger partial charge in [0.05, 0.1) is 11.4 Å². The third kappa shape index (κ3) is 3.57. The second kappa shape index (κ2) is 7.41. The molecule has 0 spiro atoms. The van der Waals surface area contributed by atoms with Gasteiger partial charge in [-0.1, -0.05) is 36.4 Å². The van der Waals surface area contributed by atoms with Crippen molar-refractivity contribution in [3.63, 3.8) is 0 Å². The van der Waals surface area contributed by atoms with E-state index in [1.807, 2.05) is 32.0 Å². The van der Waals surface area contributed by atoms with Crippen LogP contribution >= 0.6 is 0 Å². The lowest BCUT2D eigenvalue weighted by Crippen LogP contribution is -2.42. The Labute approximate surface area is 155 Å². The maximum Gasteiger partial charge on any atom is 0.275 e. The summed E-state index contributed by atoms with van der Waals surface area (Å²) in [4.78, 5) is 38.6. The molecule has 1 aromatic heterocycles. The van der Waals surface area contributed by atoms with Crippen LogP contribution in [-0.2, 0) is 11.3 Å². The third-order valence-electron chi connectivity index (χ3n) is 4.17. The van der Waals surface area contributed by atoms with Crippen molar-refractivity contribution in [2.24, 2.45) is 0 Å². The largest absolute Gasteiger partial charge is 0.543 e. The molecule has 0 aliphatic rings. The number of carboxylic acids is 1. The van der Waals surface area contributed by atoms with E-state index in [9.17, 15) is 19.5 Å². The molecule has 0 bridgehead atoms. The van der Waals surface area contributed by atoms with Crippen molar-refractivity contribution in [1.82, 2.24) is 9.78 Å². The minimum absolute atomic E-state index is 0.156. The fourth-order valence-electron chi connectivity index (χ4n) is 3.02. The molecule has 3 rings (SSSR count). The summed E-state index contributed by atoms with van der Waals surface area (Å²) in [5.74, 6) is -1.87. The lowest BCUT2D eigenvalue weighted by molar-refractivity contribution is -0.255. The predicted molar refractivity (Wildman–Crippen MR) is 99.4 cm³/mol. The van der Waals surface area contributed by atoms with Gasteiger partial charge in [0.15, 0.2) is 0 Å². The molecular weight excluding hydrogens is 346 g/mol. The van der Waals surface area contributed by atoms with Gasteiger partial charge in [0, 0.05) is 17.1 Å². The number of hydrogen-bond donors (Lipinski definition) is 0. The minimum Gasteiger partial charge on any atom is -0.543 e. The Kier molecular flexibility index (Phi) is 5.03. The number of hydrogen-bond acceptors (Lipinski definition) is 5. The van der Waals surface area contributed by atoms with E-state index < -0.39 is 11.5 Å². The molecule has 1 amide bonds. The average molecular weight is 364 g/mol. The summed E-state index contributed by atoms with van der Waals surface area (Å²) in [6, 6.07) is 15.1. The van der Waals surface area contributed by atoms with Crippen molar-refractivity contribution < 1.29 is 14.7 Å². The van der Waals surface area contributed by atoms with Gasteiger partial charge in [-0.3, -0.25) is 9.59 Å². The molecule has 0 N–H and O–H groups in total. The van der Waals surface area contributed by atoms with Crippen LogP contribution in [0.4, 0.5) is 5.69 Å². The van der Waals surface area contributed by atoms with Crippen LogP contribution < -0.4 is 15.6 Å². The van der Waals surface area contributed by atoms with Crippen LogP contribution in [-0.4, -0.2) is 27.7 Å². The molecule has 0 unspecified atom stereocenters. The van der Waals surface area contributed by atoms with Crippen molar-refractivity contribution in [1.29, 1.82) is 0 Å². The van der Waals surface area contributed by atoms with Crippen molar-refractivity contribution in [2.45, 2.75) is 26.4 Å². The molecule has 0 saturated heterocycles. The van der Waals surface area contributed by atoms with Crippen LogP contribution in [0.2, 0.25) is 0 Å². The van der Waals surface area contributed by atoms with Gasteiger partial charge in [0.25, 0.3) is 5.56 Å². The first-order valence-electron chi connectivity index (χ1n) is 8.48. The Hall–Kier alpha value is -3.48. The van der Waals surface area contributed by atoms with Gasteiger partial charge in [0.2, 0.25) is 5.91 Å². The van der Waals surface area contributed by atoms with Gasteiger partial charge in [-0.05, 0) is 32.0 Å². The monoisotopic (exact) mass is 364 g/mol. The number of carbonyl (C=O) groups is 2. The van der Waals surface area contributed by atoms with Crippen molar-refractivity contribution in [2.75, 3.05) is 4.90 Å². The van der Waals surface area contributed by atoms with Crippen LogP contribution in [0.5, 0.6) is 0 Å². The Morgan fingerprint density at radius 2 is 1.63 bits per heavy atom. The Balaban J connectivity index is 2.05. The van der Waals surface area contributed by atoms with Gasteiger partial charge in [-0.2, -0.15) is 5.10 Å². The highest BCUT2D eigenvalue weighted by Crippen LogP contribution is 2.17. The van der Waals surface area contributed by atoms with E-state index in [1.165, 1.54) is 12.1 Å². The highest BCUT2D eigenvalue weighted by atomic mass is 16.4. The number of para-hydroxylation sites is 1. The molecule has 0 atom stereocenters. The van der Waals surface area contributed by atoms with E-state index in [-0.39, 0.29) is 35.0 Å². The number of aromatic nitrogens is 2. The zero-order valence-corrected chi connectivity index (χ0v) is 15.0. The Bertz CT molecular complexity index is 1060. The Morgan fingerprint density at radius 1 is 1.04 bits per heavy atom. The molecule has 0 saturated carbocycles. The fraction of sp³-hybridized carbons (Fsp3) is 0.200. The zero-order valence-electron chi connectivity index (χ0n) is 15.0. The molecule has 7 nitrogen and oxygen atoms in total. The summed E-state index contributed by atoms with van der Waals surface area (Å²) >= 11 is 0. The zero-order chi connectivity index (χ0) is 19.6.